The van der Waals surface area contributed by atoms with Gasteiger partial charge in [0, 0.05) is 30.1 Å². The Morgan fingerprint density at radius 1 is 1.19 bits per heavy atom. The van der Waals surface area contributed by atoms with Crippen molar-refractivity contribution in [1.29, 1.82) is 0 Å². The molecule has 1 aliphatic heterocycles. The molecule has 4 rings (SSSR count). The summed E-state index contributed by atoms with van der Waals surface area (Å²) in [6.45, 7) is 0.750. The van der Waals surface area contributed by atoms with E-state index in [4.69, 9.17) is 13.9 Å². The van der Waals surface area contributed by atoms with Crippen LogP contribution in [0.4, 0.5) is 0 Å². The molecule has 7 nitrogen and oxygen atoms in total. The topological polar surface area (TPSA) is 89.2 Å². The number of ketones is 1. The smallest absolute Gasteiger partial charge is 0.290 e. The third-order valence-electron chi connectivity index (χ3n) is 5.41. The predicted molar refractivity (Wildman–Crippen MR) is 122 cm³/mol. The first-order valence-electron chi connectivity index (χ1n) is 10.1. The maximum Gasteiger partial charge on any atom is 0.290 e. The number of carbonyl (C=O) groups excluding carboxylic acids is 2. The van der Waals surface area contributed by atoms with E-state index in [9.17, 15) is 14.7 Å². The van der Waals surface area contributed by atoms with E-state index >= 15 is 0 Å². The molecule has 0 saturated carbocycles. The van der Waals surface area contributed by atoms with Crippen molar-refractivity contribution < 1.29 is 28.6 Å². The van der Waals surface area contributed by atoms with Gasteiger partial charge >= 0.3 is 0 Å². The average molecular weight is 500 g/mol. The lowest BCUT2D eigenvalue weighted by atomic mass is 9.94. The molecule has 32 heavy (non-hydrogen) atoms. The third-order valence-corrected chi connectivity index (χ3v) is 5.90. The van der Waals surface area contributed by atoms with Crippen molar-refractivity contribution in [2.24, 2.45) is 0 Å². The summed E-state index contributed by atoms with van der Waals surface area (Å²) >= 11 is 3.40. The molecule has 1 atom stereocenters. The predicted octanol–water partition coefficient (Wildman–Crippen LogP) is 4.82. The number of carbonyl (C=O) groups is 2. The van der Waals surface area contributed by atoms with Crippen LogP contribution in [0.15, 0.2) is 68.8 Å². The zero-order valence-corrected chi connectivity index (χ0v) is 19.2. The molecule has 166 valence electrons. The molecule has 0 spiro atoms. The summed E-state index contributed by atoms with van der Waals surface area (Å²) in [5.74, 6) is -1.07. The Morgan fingerprint density at radius 3 is 2.75 bits per heavy atom. The van der Waals surface area contributed by atoms with Gasteiger partial charge < -0.3 is 23.9 Å². The summed E-state index contributed by atoms with van der Waals surface area (Å²) in [6, 6.07) is 13.3. The fourth-order valence-electron chi connectivity index (χ4n) is 3.91. The third kappa shape index (κ3) is 4.03. The molecule has 0 radical (unpaired) electrons. The number of methoxy groups -OCH3 is 2. The van der Waals surface area contributed by atoms with Crippen molar-refractivity contribution in [2.45, 2.75) is 12.5 Å². The number of nitrogens with zero attached hydrogens (tertiary/aromatic N) is 1. The van der Waals surface area contributed by atoms with Gasteiger partial charge in [-0.2, -0.15) is 0 Å². The summed E-state index contributed by atoms with van der Waals surface area (Å²) < 4.78 is 17.0. The van der Waals surface area contributed by atoms with Crippen LogP contribution in [0.3, 0.4) is 0 Å². The molecule has 1 aliphatic rings. The number of benzene rings is 2. The largest absolute Gasteiger partial charge is 0.503 e. The van der Waals surface area contributed by atoms with Crippen LogP contribution in [0.5, 0.6) is 5.75 Å². The number of ether oxygens (including phenoxy) is 2. The standard InChI is InChI=1S/C24H22BrNO6/c1-30-10-4-9-26-21(14-5-3-6-17(12-14)31-2)20(23(28)24(26)29)22(27)19-13-15-11-16(25)7-8-18(15)32-19/h3,5-8,11-13,21,28H,4,9-10H2,1-2H3. The number of fused-ring (bicyclic) bond motifs is 1. The van der Waals surface area contributed by atoms with Crippen LogP contribution in [0.25, 0.3) is 11.0 Å². The van der Waals surface area contributed by atoms with E-state index in [1.54, 1.807) is 50.6 Å². The van der Waals surface area contributed by atoms with Gasteiger partial charge in [0.1, 0.15) is 11.3 Å². The van der Waals surface area contributed by atoms with Crippen LogP contribution in [-0.2, 0) is 9.53 Å². The highest BCUT2D eigenvalue weighted by molar-refractivity contribution is 9.10. The lowest BCUT2D eigenvalue weighted by Crippen LogP contribution is -2.32. The molecular weight excluding hydrogens is 478 g/mol. The Balaban J connectivity index is 1.78. The fourth-order valence-corrected chi connectivity index (χ4v) is 4.29. The quantitative estimate of drug-likeness (QED) is 0.353. The summed E-state index contributed by atoms with van der Waals surface area (Å²) in [5.41, 5.74) is 1.18. The van der Waals surface area contributed by atoms with Crippen molar-refractivity contribution in [3.8, 4) is 5.75 Å². The molecule has 0 saturated heterocycles. The number of halogens is 1. The van der Waals surface area contributed by atoms with Crippen molar-refractivity contribution in [3.63, 3.8) is 0 Å². The van der Waals surface area contributed by atoms with Crippen LogP contribution in [0, 0.1) is 0 Å². The van der Waals surface area contributed by atoms with Crippen LogP contribution in [-0.4, -0.2) is 49.1 Å². The minimum Gasteiger partial charge on any atom is -0.503 e. The highest BCUT2D eigenvalue weighted by Gasteiger charge is 2.44. The van der Waals surface area contributed by atoms with Crippen LogP contribution in [0.2, 0.25) is 0 Å². The molecule has 2 heterocycles. The maximum atomic E-state index is 13.5. The number of hydrogen-bond acceptors (Lipinski definition) is 6. The minimum atomic E-state index is -0.776. The molecule has 1 unspecified atom stereocenters. The molecule has 2 aromatic carbocycles. The highest BCUT2D eigenvalue weighted by atomic mass is 79.9. The van der Waals surface area contributed by atoms with Gasteiger partial charge in [-0.3, -0.25) is 9.59 Å². The van der Waals surface area contributed by atoms with Gasteiger partial charge in [0.05, 0.1) is 18.7 Å². The van der Waals surface area contributed by atoms with Gasteiger partial charge in [0.2, 0.25) is 5.78 Å². The Morgan fingerprint density at radius 2 is 2.00 bits per heavy atom. The molecule has 1 aromatic heterocycles. The van der Waals surface area contributed by atoms with Gasteiger partial charge in [-0.05, 0) is 48.4 Å². The number of hydrogen-bond donors (Lipinski definition) is 1. The van der Waals surface area contributed by atoms with E-state index in [-0.39, 0.29) is 11.3 Å². The zero-order chi connectivity index (χ0) is 22.8. The molecule has 1 N–H and O–H groups in total. The fraction of sp³-hybridized carbons (Fsp3) is 0.250. The molecule has 1 amide bonds. The molecular formula is C24H22BrNO6. The second-order valence-electron chi connectivity index (χ2n) is 7.41. The van der Waals surface area contributed by atoms with Gasteiger partial charge in [-0.1, -0.05) is 28.1 Å². The molecule has 0 aliphatic carbocycles. The summed E-state index contributed by atoms with van der Waals surface area (Å²) in [6.07, 6.45) is 0.552. The number of Topliss-reactive ketones (excluding diaryl/α,β-unsaturated/α-hetero) is 1. The highest BCUT2D eigenvalue weighted by Crippen LogP contribution is 2.40. The maximum absolute atomic E-state index is 13.5. The minimum absolute atomic E-state index is 0.0150. The Bertz CT molecular complexity index is 1210. The molecule has 3 aromatic rings. The van der Waals surface area contributed by atoms with E-state index in [1.807, 2.05) is 12.1 Å². The van der Waals surface area contributed by atoms with Crippen molar-refractivity contribution >= 4 is 38.6 Å². The zero-order valence-electron chi connectivity index (χ0n) is 17.6. The van der Waals surface area contributed by atoms with E-state index in [1.165, 1.54) is 4.90 Å². The molecule has 0 fully saturated rings. The summed E-state index contributed by atoms with van der Waals surface area (Å²) in [7, 11) is 3.12. The molecule has 8 heteroatoms. The van der Waals surface area contributed by atoms with Gasteiger partial charge in [0.25, 0.3) is 5.91 Å². The van der Waals surface area contributed by atoms with Crippen molar-refractivity contribution in [3.05, 3.63) is 75.7 Å². The normalized spacial score (nSPS) is 16.3. The number of amides is 1. The first-order chi connectivity index (χ1) is 15.4. The second kappa shape index (κ2) is 9.18. The van der Waals surface area contributed by atoms with Crippen molar-refractivity contribution in [1.82, 2.24) is 4.90 Å². The Hall–Kier alpha value is -3.10. The van der Waals surface area contributed by atoms with E-state index in [2.05, 4.69) is 15.9 Å². The SMILES string of the molecule is COCCCN1C(=O)C(O)=C(C(=O)c2cc3cc(Br)ccc3o2)C1c1cccc(OC)c1. The summed E-state index contributed by atoms with van der Waals surface area (Å²) in [4.78, 5) is 28.0. The summed E-state index contributed by atoms with van der Waals surface area (Å²) in [5, 5.41) is 11.5. The molecule has 0 bridgehead atoms. The average Bonchev–Trinajstić information content (AvgIpc) is 3.32. The lowest BCUT2D eigenvalue weighted by molar-refractivity contribution is -0.129. The Labute approximate surface area is 193 Å². The van der Waals surface area contributed by atoms with Crippen LogP contribution in [0.1, 0.15) is 28.6 Å². The van der Waals surface area contributed by atoms with Crippen LogP contribution >= 0.6 is 15.9 Å². The van der Waals surface area contributed by atoms with E-state index < -0.39 is 23.5 Å². The number of aliphatic hydroxyl groups excluding tert-OH is 1. The van der Waals surface area contributed by atoms with Crippen molar-refractivity contribution in [2.75, 3.05) is 27.4 Å². The lowest BCUT2D eigenvalue weighted by Gasteiger charge is -2.26. The van der Waals surface area contributed by atoms with E-state index in [0.717, 1.165) is 9.86 Å². The van der Waals surface area contributed by atoms with Gasteiger partial charge in [0.15, 0.2) is 11.5 Å². The number of rotatable bonds is 8. The first kappa shape index (κ1) is 22.1. The number of furan rings is 1. The van der Waals surface area contributed by atoms with Gasteiger partial charge in [-0.25, -0.2) is 0 Å². The van der Waals surface area contributed by atoms with Gasteiger partial charge in [-0.15, -0.1) is 0 Å². The number of aliphatic hydroxyl groups is 1. The van der Waals surface area contributed by atoms with E-state index in [0.29, 0.717) is 36.5 Å². The monoisotopic (exact) mass is 499 g/mol. The van der Waals surface area contributed by atoms with Crippen LogP contribution < -0.4 is 4.74 Å². The Kier molecular flexibility index (Phi) is 6.34. The first-order valence-corrected chi connectivity index (χ1v) is 10.8. The second-order valence-corrected chi connectivity index (χ2v) is 8.32.